The van der Waals surface area contributed by atoms with Crippen LogP contribution < -0.4 is 4.90 Å². The minimum Gasteiger partial charge on any atom is -0.378 e. The molecule has 0 saturated heterocycles. The van der Waals surface area contributed by atoms with Gasteiger partial charge in [0.2, 0.25) is 0 Å². The number of hydrogen-bond donors (Lipinski definition) is 0. The van der Waals surface area contributed by atoms with Crippen molar-refractivity contribution in [2.24, 2.45) is 9.98 Å². The maximum absolute atomic E-state index is 4.10. The van der Waals surface area contributed by atoms with Crippen LogP contribution in [0.25, 0.3) is 0 Å². The minimum atomic E-state index is 0. The zero-order chi connectivity index (χ0) is 10.4. The highest BCUT2D eigenvalue weighted by Crippen LogP contribution is 2.18. The first-order valence-electron chi connectivity index (χ1n) is 4.63. The summed E-state index contributed by atoms with van der Waals surface area (Å²) in [5, 5.41) is 0. The van der Waals surface area contributed by atoms with E-state index in [0.29, 0.717) is 0 Å². The lowest BCUT2D eigenvalue weighted by Gasteiger charge is -2.11. The smallest absolute Gasteiger partial charge is 0.0948 e. The quantitative estimate of drug-likeness (QED) is 0.727. The maximum Gasteiger partial charge on any atom is 0.0948 e. The van der Waals surface area contributed by atoms with Crippen molar-refractivity contribution in [1.82, 2.24) is 0 Å². The van der Waals surface area contributed by atoms with Crippen LogP contribution in [-0.2, 0) is 0 Å². The molecule has 0 spiro atoms. The molecule has 0 aliphatic carbocycles. The number of hydrogen-bond acceptors (Lipinski definition) is 3. The average Bonchev–Trinajstić information content (AvgIpc) is 2.19. The fourth-order valence-electron chi connectivity index (χ4n) is 1.00. The molecule has 0 saturated carbocycles. The summed E-state index contributed by atoms with van der Waals surface area (Å²) in [4.78, 5) is 10.0. The molecule has 0 heterocycles. The van der Waals surface area contributed by atoms with Gasteiger partial charge in [-0.1, -0.05) is 6.07 Å². The Hall–Kier alpha value is -1.31. The van der Waals surface area contributed by atoms with Gasteiger partial charge in [0.25, 0.3) is 0 Å². The minimum absolute atomic E-state index is 0. The standard InChI is InChI=1S/C11H15N3.ClH/c1-4-12-9-13-10-6-5-7-11(8-10)14(2)3;/h5-8H,4H2,1-3H3;1H. The Balaban J connectivity index is 0.00000196. The molecule has 1 aromatic carbocycles. The number of nitrogens with zero attached hydrogens (tertiary/aromatic N) is 3. The number of rotatable bonds is 3. The summed E-state index contributed by atoms with van der Waals surface area (Å²) in [5.41, 5.74) is 2.01. The van der Waals surface area contributed by atoms with Crippen molar-refractivity contribution in [2.75, 3.05) is 25.5 Å². The molecular weight excluding hydrogens is 210 g/mol. The highest BCUT2D eigenvalue weighted by Gasteiger charge is 1.94. The van der Waals surface area contributed by atoms with Gasteiger partial charge in [-0.2, -0.15) is 4.99 Å². The normalized spacial score (nSPS) is 8.47. The summed E-state index contributed by atoms with van der Waals surface area (Å²) in [5.74, 6) is 0. The summed E-state index contributed by atoms with van der Waals surface area (Å²) < 4.78 is 0. The molecule has 4 heteroatoms. The third kappa shape index (κ3) is 4.63. The first kappa shape index (κ1) is 13.7. The average molecular weight is 226 g/mol. The Kier molecular flexibility index (Phi) is 6.43. The molecule has 0 radical (unpaired) electrons. The maximum atomic E-state index is 4.10. The summed E-state index contributed by atoms with van der Waals surface area (Å²) >= 11 is 0. The Bertz CT molecular complexity index is 355. The van der Waals surface area contributed by atoms with Gasteiger partial charge in [0.15, 0.2) is 0 Å². The lowest BCUT2D eigenvalue weighted by Crippen LogP contribution is -2.07. The number of benzene rings is 1. The number of halogens is 1. The molecule has 0 amide bonds. The van der Waals surface area contributed by atoms with Crippen molar-refractivity contribution in [3.8, 4) is 0 Å². The van der Waals surface area contributed by atoms with Gasteiger partial charge in [0.05, 0.1) is 11.7 Å². The van der Waals surface area contributed by atoms with Crippen molar-refractivity contribution in [2.45, 2.75) is 6.92 Å². The van der Waals surface area contributed by atoms with Gasteiger partial charge in [-0.05, 0) is 25.1 Å². The van der Waals surface area contributed by atoms with Gasteiger partial charge in [-0.3, -0.25) is 0 Å². The van der Waals surface area contributed by atoms with Gasteiger partial charge in [-0.25, -0.2) is 4.99 Å². The number of anilines is 1. The van der Waals surface area contributed by atoms with E-state index in [4.69, 9.17) is 0 Å². The third-order valence-electron chi connectivity index (χ3n) is 1.75. The van der Waals surface area contributed by atoms with Crippen LogP contribution in [0.15, 0.2) is 34.3 Å². The largest absolute Gasteiger partial charge is 0.378 e. The first-order chi connectivity index (χ1) is 6.74. The third-order valence-corrected chi connectivity index (χ3v) is 1.75. The highest BCUT2D eigenvalue weighted by molar-refractivity contribution is 5.85. The summed E-state index contributed by atoms with van der Waals surface area (Å²) in [6.07, 6.45) is 0. The second-order valence-corrected chi connectivity index (χ2v) is 3.10. The fraction of sp³-hybridized carbons (Fsp3) is 0.364. The van der Waals surface area contributed by atoms with E-state index >= 15 is 0 Å². The molecule has 0 aliphatic rings. The lowest BCUT2D eigenvalue weighted by molar-refractivity contribution is 1.13. The molecule has 82 valence electrons. The summed E-state index contributed by atoms with van der Waals surface area (Å²) in [6.45, 7) is 2.68. The van der Waals surface area contributed by atoms with Gasteiger partial charge in [0.1, 0.15) is 0 Å². The lowest BCUT2D eigenvalue weighted by atomic mass is 10.3. The van der Waals surface area contributed by atoms with Crippen molar-refractivity contribution in [1.29, 1.82) is 0 Å². The van der Waals surface area contributed by atoms with Crippen molar-refractivity contribution < 1.29 is 0 Å². The van der Waals surface area contributed by atoms with Gasteiger partial charge >= 0.3 is 0 Å². The van der Waals surface area contributed by atoms with Crippen LogP contribution >= 0.6 is 12.4 Å². The van der Waals surface area contributed by atoms with Crippen LogP contribution in [0.2, 0.25) is 0 Å². The molecular formula is C11H16ClN3. The van der Waals surface area contributed by atoms with E-state index in [9.17, 15) is 0 Å². The van der Waals surface area contributed by atoms with Crippen molar-refractivity contribution in [3.63, 3.8) is 0 Å². The van der Waals surface area contributed by atoms with Crippen LogP contribution in [0.1, 0.15) is 6.92 Å². The molecule has 3 nitrogen and oxygen atoms in total. The first-order valence-corrected chi connectivity index (χ1v) is 4.63. The molecule has 15 heavy (non-hydrogen) atoms. The Morgan fingerprint density at radius 2 is 2.07 bits per heavy atom. The molecule has 0 atom stereocenters. The summed E-state index contributed by atoms with van der Waals surface area (Å²) in [7, 11) is 4.01. The molecule has 0 fully saturated rings. The Labute approximate surface area is 97.0 Å². The molecule has 1 aromatic rings. The van der Waals surface area contributed by atoms with Crippen molar-refractivity contribution >= 4 is 29.8 Å². The van der Waals surface area contributed by atoms with E-state index in [0.717, 1.165) is 17.9 Å². The van der Waals surface area contributed by atoms with Crippen LogP contribution in [0, 0.1) is 0 Å². The second kappa shape index (κ2) is 7.04. The molecule has 0 N–H and O–H groups in total. The predicted molar refractivity (Wildman–Crippen MR) is 68.1 cm³/mol. The number of aliphatic imine (C=N–C) groups is 2. The van der Waals surface area contributed by atoms with Gasteiger partial charge < -0.3 is 4.90 Å². The van der Waals surface area contributed by atoms with E-state index in [1.54, 1.807) is 0 Å². The van der Waals surface area contributed by atoms with E-state index in [1.165, 1.54) is 0 Å². The fourth-order valence-corrected chi connectivity index (χ4v) is 1.00. The molecule has 0 aromatic heterocycles. The highest BCUT2D eigenvalue weighted by atomic mass is 35.5. The molecule has 1 rings (SSSR count). The van der Waals surface area contributed by atoms with E-state index in [-0.39, 0.29) is 12.4 Å². The molecule has 0 bridgehead atoms. The van der Waals surface area contributed by atoms with Crippen LogP contribution in [-0.4, -0.2) is 26.6 Å². The Morgan fingerprint density at radius 3 is 2.67 bits per heavy atom. The molecule has 0 aliphatic heterocycles. The Morgan fingerprint density at radius 1 is 1.33 bits per heavy atom. The van der Waals surface area contributed by atoms with Gasteiger partial charge in [-0.15, -0.1) is 12.4 Å². The zero-order valence-corrected chi connectivity index (χ0v) is 10.1. The van der Waals surface area contributed by atoms with Crippen LogP contribution in [0.3, 0.4) is 0 Å². The zero-order valence-electron chi connectivity index (χ0n) is 9.27. The summed E-state index contributed by atoms with van der Waals surface area (Å²) in [6, 6.07) is 10.6. The van der Waals surface area contributed by atoms with E-state index < -0.39 is 0 Å². The topological polar surface area (TPSA) is 28.0 Å². The van der Waals surface area contributed by atoms with Crippen LogP contribution in [0.4, 0.5) is 11.4 Å². The van der Waals surface area contributed by atoms with Gasteiger partial charge in [0, 0.05) is 26.3 Å². The SMILES string of the molecule is CCN=C=Nc1cccc(N(C)C)c1.Cl. The monoisotopic (exact) mass is 225 g/mol. The van der Waals surface area contributed by atoms with E-state index in [2.05, 4.69) is 16.0 Å². The van der Waals surface area contributed by atoms with Crippen LogP contribution in [0.5, 0.6) is 0 Å². The van der Waals surface area contributed by atoms with Crippen molar-refractivity contribution in [3.05, 3.63) is 24.3 Å². The molecule has 0 unspecified atom stereocenters. The predicted octanol–water partition coefficient (Wildman–Crippen LogP) is 3.00. The second-order valence-electron chi connectivity index (χ2n) is 3.10. The van der Waals surface area contributed by atoms with E-state index in [1.807, 2.05) is 50.2 Å².